The largest absolute Gasteiger partial charge is 0.416 e. The molecule has 0 radical (unpaired) electrons. The van der Waals surface area contributed by atoms with E-state index in [-0.39, 0.29) is 11.4 Å². The van der Waals surface area contributed by atoms with Crippen molar-refractivity contribution in [2.24, 2.45) is 0 Å². The molecular weight excluding hydrogens is 363 g/mol. The van der Waals surface area contributed by atoms with Crippen molar-refractivity contribution in [3.63, 3.8) is 0 Å². The van der Waals surface area contributed by atoms with Gasteiger partial charge in [-0.15, -0.1) is 0 Å². The van der Waals surface area contributed by atoms with Crippen LogP contribution in [0.3, 0.4) is 0 Å². The van der Waals surface area contributed by atoms with Crippen molar-refractivity contribution in [1.82, 2.24) is 19.7 Å². The number of nitrogens with one attached hydrogen (secondary N) is 2. The summed E-state index contributed by atoms with van der Waals surface area (Å²) in [5.74, 6) is 0.805. The Balaban J connectivity index is 1.44. The Morgan fingerprint density at radius 2 is 1.93 bits per heavy atom. The lowest BCUT2D eigenvalue weighted by molar-refractivity contribution is -0.137. The van der Waals surface area contributed by atoms with Gasteiger partial charge in [0.15, 0.2) is 0 Å². The average molecular weight is 383 g/mol. The smallest absolute Gasteiger partial charge is 0.338 e. The first-order valence-corrected chi connectivity index (χ1v) is 8.73. The number of rotatable bonds is 5. The quantitative estimate of drug-likeness (QED) is 0.779. The fourth-order valence-corrected chi connectivity index (χ4v) is 2.94. The standard InChI is InChI=1S/C17H20F3N5O2/c18-17(19,20)12-5-7-13(8-6-12)22-15(26)21-9-3-11-25-16(27)24-10-2-1-4-14(24)23-25/h5-8H,1-4,9-11H2,(H2,21,22,26). The summed E-state index contributed by atoms with van der Waals surface area (Å²) in [6.07, 6.45) is -1.09. The van der Waals surface area contributed by atoms with Gasteiger partial charge in [0.05, 0.1) is 5.56 Å². The molecule has 10 heteroatoms. The molecule has 0 atom stereocenters. The van der Waals surface area contributed by atoms with Crippen molar-refractivity contribution in [1.29, 1.82) is 0 Å². The van der Waals surface area contributed by atoms with E-state index in [2.05, 4.69) is 15.7 Å². The number of nitrogens with zero attached hydrogens (tertiary/aromatic N) is 3. The lowest BCUT2D eigenvalue weighted by Crippen LogP contribution is -2.31. The number of fused-ring (bicyclic) bond motifs is 1. The first kappa shape index (κ1) is 19.0. The van der Waals surface area contributed by atoms with Crippen LogP contribution in [0.15, 0.2) is 29.1 Å². The van der Waals surface area contributed by atoms with E-state index < -0.39 is 17.8 Å². The third-order valence-corrected chi connectivity index (χ3v) is 4.33. The maximum Gasteiger partial charge on any atom is 0.416 e. The number of alkyl halides is 3. The molecule has 146 valence electrons. The predicted molar refractivity (Wildman–Crippen MR) is 92.5 cm³/mol. The van der Waals surface area contributed by atoms with Gasteiger partial charge >= 0.3 is 17.9 Å². The molecule has 2 amide bonds. The molecule has 0 saturated carbocycles. The van der Waals surface area contributed by atoms with Gasteiger partial charge < -0.3 is 10.6 Å². The molecule has 2 aromatic rings. The fourth-order valence-electron chi connectivity index (χ4n) is 2.94. The average Bonchev–Trinajstić information content (AvgIpc) is 2.95. The van der Waals surface area contributed by atoms with Gasteiger partial charge in [-0.2, -0.15) is 18.3 Å². The molecule has 0 spiro atoms. The molecule has 1 aliphatic rings. The van der Waals surface area contributed by atoms with E-state index in [1.54, 1.807) is 4.57 Å². The van der Waals surface area contributed by atoms with E-state index in [0.29, 0.717) is 26.1 Å². The highest BCUT2D eigenvalue weighted by Crippen LogP contribution is 2.29. The van der Waals surface area contributed by atoms with Gasteiger partial charge in [0, 0.05) is 31.7 Å². The molecule has 1 aromatic heterocycles. The summed E-state index contributed by atoms with van der Waals surface area (Å²) in [6, 6.07) is 3.67. The van der Waals surface area contributed by atoms with E-state index in [0.717, 1.165) is 37.2 Å². The van der Waals surface area contributed by atoms with Crippen molar-refractivity contribution >= 4 is 11.7 Å². The first-order chi connectivity index (χ1) is 12.8. The van der Waals surface area contributed by atoms with Crippen molar-refractivity contribution < 1.29 is 18.0 Å². The number of urea groups is 1. The van der Waals surface area contributed by atoms with Crippen LogP contribution in [0.4, 0.5) is 23.7 Å². The van der Waals surface area contributed by atoms with E-state index in [1.807, 2.05) is 0 Å². The topological polar surface area (TPSA) is 81.0 Å². The van der Waals surface area contributed by atoms with Crippen LogP contribution in [0.1, 0.15) is 30.7 Å². The van der Waals surface area contributed by atoms with Gasteiger partial charge in [-0.25, -0.2) is 14.3 Å². The summed E-state index contributed by atoms with van der Waals surface area (Å²) in [4.78, 5) is 24.0. The molecular formula is C17H20F3N5O2. The van der Waals surface area contributed by atoms with Gasteiger partial charge in [-0.1, -0.05) is 0 Å². The predicted octanol–water partition coefficient (Wildman–Crippen LogP) is 2.61. The maximum absolute atomic E-state index is 12.5. The second-order valence-corrected chi connectivity index (χ2v) is 6.34. The third kappa shape index (κ3) is 4.69. The molecule has 0 unspecified atom stereocenters. The lowest BCUT2D eigenvalue weighted by Gasteiger charge is -2.09. The van der Waals surface area contributed by atoms with Crippen molar-refractivity contribution in [2.45, 2.75) is 44.9 Å². The molecule has 0 aliphatic carbocycles. The number of aryl methyl sites for hydroxylation is 2. The first-order valence-electron chi connectivity index (χ1n) is 8.73. The van der Waals surface area contributed by atoms with Crippen LogP contribution in [-0.2, 0) is 25.7 Å². The Labute approximate surface area is 153 Å². The molecule has 0 fully saturated rings. The summed E-state index contributed by atoms with van der Waals surface area (Å²) in [5.41, 5.74) is -0.640. The minimum absolute atomic E-state index is 0.126. The number of benzene rings is 1. The molecule has 1 aromatic carbocycles. The Bertz CT molecular complexity index is 855. The molecule has 2 heterocycles. The maximum atomic E-state index is 12.5. The van der Waals surface area contributed by atoms with E-state index in [9.17, 15) is 22.8 Å². The van der Waals surface area contributed by atoms with E-state index >= 15 is 0 Å². The van der Waals surface area contributed by atoms with Crippen LogP contribution in [0.2, 0.25) is 0 Å². The molecule has 0 bridgehead atoms. The van der Waals surface area contributed by atoms with Crippen LogP contribution in [0.5, 0.6) is 0 Å². The zero-order chi connectivity index (χ0) is 19.4. The van der Waals surface area contributed by atoms with Gasteiger partial charge in [0.2, 0.25) is 0 Å². The molecule has 27 heavy (non-hydrogen) atoms. The third-order valence-electron chi connectivity index (χ3n) is 4.33. The number of amides is 2. The van der Waals surface area contributed by atoms with Crippen LogP contribution < -0.4 is 16.3 Å². The highest BCUT2D eigenvalue weighted by atomic mass is 19.4. The zero-order valence-corrected chi connectivity index (χ0v) is 14.6. The van der Waals surface area contributed by atoms with Crippen molar-refractivity contribution in [2.75, 3.05) is 11.9 Å². The highest BCUT2D eigenvalue weighted by molar-refractivity contribution is 5.89. The Morgan fingerprint density at radius 3 is 2.59 bits per heavy atom. The second kappa shape index (κ2) is 7.85. The van der Waals surface area contributed by atoms with Crippen molar-refractivity contribution in [3.05, 3.63) is 46.1 Å². The summed E-state index contributed by atoms with van der Waals surface area (Å²) in [6.45, 7) is 1.39. The number of hydrogen-bond acceptors (Lipinski definition) is 3. The van der Waals surface area contributed by atoms with Gasteiger partial charge in [0.1, 0.15) is 5.82 Å². The van der Waals surface area contributed by atoms with Crippen LogP contribution in [0.25, 0.3) is 0 Å². The Kier molecular flexibility index (Phi) is 5.52. The molecule has 0 saturated heterocycles. The van der Waals surface area contributed by atoms with Crippen LogP contribution in [0, 0.1) is 0 Å². The van der Waals surface area contributed by atoms with Crippen molar-refractivity contribution in [3.8, 4) is 0 Å². The minimum Gasteiger partial charge on any atom is -0.338 e. The number of aromatic nitrogens is 3. The van der Waals surface area contributed by atoms with Gasteiger partial charge in [-0.3, -0.25) is 4.57 Å². The van der Waals surface area contributed by atoms with E-state index in [4.69, 9.17) is 0 Å². The summed E-state index contributed by atoms with van der Waals surface area (Å²) in [7, 11) is 0. The second-order valence-electron chi connectivity index (χ2n) is 6.34. The van der Waals surface area contributed by atoms with E-state index in [1.165, 1.54) is 16.8 Å². The minimum atomic E-state index is -4.41. The Morgan fingerprint density at radius 1 is 1.19 bits per heavy atom. The number of hydrogen-bond donors (Lipinski definition) is 2. The SMILES string of the molecule is O=C(NCCCn1nc2n(c1=O)CCCC2)Nc1ccc(C(F)(F)F)cc1. The Hall–Kier alpha value is -2.78. The van der Waals surface area contributed by atoms with Gasteiger partial charge in [-0.05, 0) is 43.5 Å². The molecule has 3 rings (SSSR count). The van der Waals surface area contributed by atoms with Crippen LogP contribution >= 0.6 is 0 Å². The lowest BCUT2D eigenvalue weighted by atomic mass is 10.2. The normalized spacial score (nSPS) is 13.9. The summed E-state index contributed by atoms with van der Waals surface area (Å²) < 4.78 is 40.6. The molecule has 2 N–H and O–H groups in total. The molecule has 7 nitrogen and oxygen atoms in total. The van der Waals surface area contributed by atoms with Crippen LogP contribution in [-0.4, -0.2) is 26.9 Å². The zero-order valence-electron chi connectivity index (χ0n) is 14.6. The summed E-state index contributed by atoms with van der Waals surface area (Å²) >= 11 is 0. The van der Waals surface area contributed by atoms with Gasteiger partial charge in [0.25, 0.3) is 0 Å². The monoisotopic (exact) mass is 383 g/mol. The number of halogens is 3. The highest BCUT2D eigenvalue weighted by Gasteiger charge is 2.29. The summed E-state index contributed by atoms with van der Waals surface area (Å²) in [5, 5.41) is 9.38. The number of carbonyl (C=O) groups is 1. The number of carbonyl (C=O) groups excluding carboxylic acids is 1. The molecule has 1 aliphatic heterocycles. The number of anilines is 1. The fraction of sp³-hybridized carbons (Fsp3) is 0.471.